The van der Waals surface area contributed by atoms with Crippen LogP contribution in [0, 0.1) is 6.92 Å². The molecule has 104 valence electrons. The monoisotopic (exact) mass is 262 g/mol. The van der Waals surface area contributed by atoms with Crippen LogP contribution in [0.25, 0.3) is 0 Å². The predicted molar refractivity (Wildman–Crippen MR) is 75.7 cm³/mol. The number of rotatable bonds is 4. The summed E-state index contributed by atoms with van der Waals surface area (Å²) in [5, 5.41) is 10.2. The van der Waals surface area contributed by atoms with E-state index in [4.69, 9.17) is 4.74 Å². The number of carbonyl (C=O) groups excluding carboxylic acids is 1. The Kier molecular flexibility index (Phi) is 4.90. The number of aliphatic hydroxyl groups excluding tert-OH is 1. The number of hydrogen-bond donors (Lipinski definition) is 1. The summed E-state index contributed by atoms with van der Waals surface area (Å²) in [4.78, 5) is 11.8. The van der Waals surface area contributed by atoms with Gasteiger partial charge in [0.25, 0.3) is 0 Å². The van der Waals surface area contributed by atoms with E-state index < -0.39 is 17.7 Å². The summed E-state index contributed by atoms with van der Waals surface area (Å²) >= 11 is 0. The molecule has 3 heteroatoms. The molecule has 0 aromatic heterocycles. The van der Waals surface area contributed by atoms with Crippen molar-refractivity contribution in [2.45, 2.75) is 45.8 Å². The fourth-order valence-corrected chi connectivity index (χ4v) is 1.74. The first-order valence-corrected chi connectivity index (χ1v) is 6.35. The van der Waals surface area contributed by atoms with Gasteiger partial charge in [0.05, 0.1) is 6.10 Å². The third-order valence-corrected chi connectivity index (χ3v) is 2.67. The number of hydrogen-bond acceptors (Lipinski definition) is 3. The maximum absolute atomic E-state index is 11.8. The molecule has 1 aromatic rings. The van der Waals surface area contributed by atoms with Crippen LogP contribution in [0.2, 0.25) is 0 Å². The van der Waals surface area contributed by atoms with Crippen LogP contribution in [0.5, 0.6) is 0 Å². The highest BCUT2D eigenvalue weighted by molar-refractivity contribution is 5.88. The largest absolute Gasteiger partial charge is 0.457 e. The summed E-state index contributed by atoms with van der Waals surface area (Å²) in [5.74, 6) is -0.458. The lowest BCUT2D eigenvalue weighted by atomic mass is 9.98. The van der Waals surface area contributed by atoms with Gasteiger partial charge in [-0.25, -0.2) is 4.79 Å². The van der Waals surface area contributed by atoms with E-state index in [0.29, 0.717) is 0 Å². The highest BCUT2D eigenvalue weighted by atomic mass is 16.6. The number of carbonyl (C=O) groups is 1. The lowest BCUT2D eigenvalue weighted by molar-refractivity contribution is -0.150. The molecule has 0 aliphatic rings. The van der Waals surface area contributed by atoms with Crippen molar-refractivity contribution in [2.24, 2.45) is 0 Å². The van der Waals surface area contributed by atoms with Gasteiger partial charge < -0.3 is 9.84 Å². The van der Waals surface area contributed by atoms with Crippen LogP contribution in [0.1, 0.15) is 44.4 Å². The summed E-state index contributed by atoms with van der Waals surface area (Å²) in [7, 11) is 0. The molecular weight excluding hydrogens is 240 g/mol. The summed E-state index contributed by atoms with van der Waals surface area (Å²) < 4.78 is 5.22. The molecule has 0 amide bonds. The van der Waals surface area contributed by atoms with Crippen LogP contribution in [0.4, 0.5) is 0 Å². The summed E-state index contributed by atoms with van der Waals surface area (Å²) in [6.07, 6.45) is -0.555. The SMILES string of the molecule is C=C(CC(O)c1ccccc1C)C(=O)OC(C)(C)C. The molecule has 1 rings (SSSR count). The highest BCUT2D eigenvalue weighted by Crippen LogP contribution is 2.24. The Hall–Kier alpha value is -1.61. The topological polar surface area (TPSA) is 46.5 Å². The molecule has 1 atom stereocenters. The van der Waals surface area contributed by atoms with Gasteiger partial charge in [-0.3, -0.25) is 0 Å². The number of esters is 1. The standard InChI is InChI=1S/C16H22O3/c1-11-8-6-7-9-13(11)14(17)10-12(2)15(18)19-16(3,4)5/h6-9,14,17H,2,10H2,1,3-5H3. The van der Waals surface area contributed by atoms with Gasteiger partial charge in [0.2, 0.25) is 0 Å². The Morgan fingerprint density at radius 1 is 1.37 bits per heavy atom. The van der Waals surface area contributed by atoms with E-state index >= 15 is 0 Å². The third-order valence-electron chi connectivity index (χ3n) is 2.67. The molecule has 0 aliphatic carbocycles. The van der Waals surface area contributed by atoms with Crippen molar-refractivity contribution < 1.29 is 14.6 Å². The maximum atomic E-state index is 11.8. The Balaban J connectivity index is 2.67. The molecule has 0 heterocycles. The van der Waals surface area contributed by atoms with Crippen molar-refractivity contribution in [2.75, 3.05) is 0 Å². The Labute approximate surface area is 114 Å². The minimum atomic E-state index is -0.735. The normalized spacial score (nSPS) is 12.9. The molecule has 1 aromatic carbocycles. The summed E-state index contributed by atoms with van der Waals surface area (Å²) in [6, 6.07) is 7.55. The fraction of sp³-hybridized carbons (Fsp3) is 0.438. The Morgan fingerprint density at radius 3 is 2.47 bits per heavy atom. The first-order chi connectivity index (χ1) is 8.70. The minimum Gasteiger partial charge on any atom is -0.457 e. The molecule has 0 spiro atoms. The fourth-order valence-electron chi connectivity index (χ4n) is 1.74. The van der Waals surface area contributed by atoms with Crippen LogP contribution in [0.3, 0.4) is 0 Å². The lowest BCUT2D eigenvalue weighted by Gasteiger charge is -2.21. The van der Waals surface area contributed by atoms with Crippen LogP contribution in [-0.2, 0) is 9.53 Å². The van der Waals surface area contributed by atoms with Crippen LogP contribution >= 0.6 is 0 Å². The smallest absolute Gasteiger partial charge is 0.334 e. The molecule has 1 N–H and O–H groups in total. The van der Waals surface area contributed by atoms with Crippen molar-refractivity contribution in [1.82, 2.24) is 0 Å². The molecule has 0 saturated heterocycles. The average Bonchev–Trinajstić information content (AvgIpc) is 2.27. The quantitative estimate of drug-likeness (QED) is 0.669. The number of benzene rings is 1. The van der Waals surface area contributed by atoms with Crippen molar-refractivity contribution in [3.05, 3.63) is 47.5 Å². The van der Waals surface area contributed by atoms with E-state index in [0.717, 1.165) is 11.1 Å². The van der Waals surface area contributed by atoms with Crippen molar-refractivity contribution in [3.63, 3.8) is 0 Å². The van der Waals surface area contributed by atoms with Crippen molar-refractivity contribution in [3.8, 4) is 0 Å². The predicted octanol–water partition coefficient (Wildman–Crippen LogP) is 3.32. The van der Waals surface area contributed by atoms with E-state index in [1.54, 1.807) is 20.8 Å². The van der Waals surface area contributed by atoms with E-state index in [1.165, 1.54) is 0 Å². The molecule has 0 bridgehead atoms. The van der Waals surface area contributed by atoms with E-state index in [2.05, 4.69) is 6.58 Å². The average molecular weight is 262 g/mol. The molecule has 3 nitrogen and oxygen atoms in total. The summed E-state index contributed by atoms with van der Waals surface area (Å²) in [6.45, 7) is 11.0. The molecule has 0 fully saturated rings. The van der Waals surface area contributed by atoms with Crippen molar-refractivity contribution in [1.29, 1.82) is 0 Å². The zero-order chi connectivity index (χ0) is 14.6. The Bertz CT molecular complexity index is 469. The first kappa shape index (κ1) is 15.4. The second-order valence-corrected chi connectivity index (χ2v) is 5.68. The number of ether oxygens (including phenoxy) is 1. The van der Waals surface area contributed by atoms with Gasteiger partial charge in [0.15, 0.2) is 0 Å². The van der Waals surface area contributed by atoms with Crippen LogP contribution < -0.4 is 0 Å². The van der Waals surface area contributed by atoms with Gasteiger partial charge in [0.1, 0.15) is 5.60 Å². The second kappa shape index (κ2) is 6.02. The van der Waals surface area contributed by atoms with E-state index in [1.807, 2.05) is 31.2 Å². The molecule has 0 aliphatic heterocycles. The minimum absolute atomic E-state index is 0.180. The van der Waals surface area contributed by atoms with Gasteiger partial charge in [-0.2, -0.15) is 0 Å². The maximum Gasteiger partial charge on any atom is 0.334 e. The van der Waals surface area contributed by atoms with Gasteiger partial charge in [0, 0.05) is 12.0 Å². The molecule has 0 saturated carbocycles. The van der Waals surface area contributed by atoms with E-state index in [9.17, 15) is 9.90 Å². The second-order valence-electron chi connectivity index (χ2n) is 5.68. The lowest BCUT2D eigenvalue weighted by Crippen LogP contribution is -2.25. The van der Waals surface area contributed by atoms with E-state index in [-0.39, 0.29) is 12.0 Å². The van der Waals surface area contributed by atoms with Gasteiger partial charge >= 0.3 is 5.97 Å². The zero-order valence-corrected chi connectivity index (χ0v) is 12.1. The zero-order valence-electron chi connectivity index (χ0n) is 12.1. The Morgan fingerprint density at radius 2 is 1.95 bits per heavy atom. The van der Waals surface area contributed by atoms with Crippen molar-refractivity contribution >= 4 is 5.97 Å². The van der Waals surface area contributed by atoms with Crippen LogP contribution in [-0.4, -0.2) is 16.7 Å². The first-order valence-electron chi connectivity index (χ1n) is 6.35. The van der Waals surface area contributed by atoms with Gasteiger partial charge in [-0.15, -0.1) is 0 Å². The molecule has 0 radical (unpaired) electrons. The molecule has 19 heavy (non-hydrogen) atoms. The highest BCUT2D eigenvalue weighted by Gasteiger charge is 2.21. The van der Waals surface area contributed by atoms with Gasteiger partial charge in [-0.1, -0.05) is 30.8 Å². The molecular formula is C16H22O3. The van der Waals surface area contributed by atoms with Crippen LogP contribution in [0.15, 0.2) is 36.4 Å². The molecule has 1 unspecified atom stereocenters. The van der Waals surface area contributed by atoms with Gasteiger partial charge in [-0.05, 0) is 38.8 Å². The number of aliphatic hydroxyl groups is 1. The number of aryl methyl sites for hydroxylation is 1. The third kappa shape index (κ3) is 4.87. The summed E-state index contributed by atoms with van der Waals surface area (Å²) in [5.41, 5.74) is 1.54.